The topological polar surface area (TPSA) is 29.1 Å². The maximum atomic E-state index is 11.8. The SMILES string of the molecule is CCC(CC)C(Br)CNC(=O)C1CCCS1. The van der Waals surface area contributed by atoms with Gasteiger partial charge in [-0.2, -0.15) is 0 Å². The first-order valence-electron chi connectivity index (χ1n) is 6.22. The van der Waals surface area contributed by atoms with Crippen molar-refractivity contribution in [3.8, 4) is 0 Å². The van der Waals surface area contributed by atoms with Crippen LogP contribution >= 0.6 is 27.7 Å². The monoisotopic (exact) mass is 307 g/mol. The minimum atomic E-state index is 0.210. The third-order valence-corrected chi connectivity index (χ3v) is 5.70. The minimum Gasteiger partial charge on any atom is -0.354 e. The predicted octanol–water partition coefficient (Wildman–Crippen LogP) is 3.20. The van der Waals surface area contributed by atoms with Crippen molar-refractivity contribution >= 4 is 33.6 Å². The molecule has 0 aliphatic carbocycles. The van der Waals surface area contributed by atoms with E-state index in [2.05, 4.69) is 35.1 Å². The second-order valence-electron chi connectivity index (χ2n) is 4.34. The summed E-state index contributed by atoms with van der Waals surface area (Å²) in [6.45, 7) is 5.18. The summed E-state index contributed by atoms with van der Waals surface area (Å²) >= 11 is 5.47. The van der Waals surface area contributed by atoms with E-state index >= 15 is 0 Å². The number of hydrogen-bond donors (Lipinski definition) is 1. The van der Waals surface area contributed by atoms with Crippen molar-refractivity contribution in [1.29, 1.82) is 0 Å². The van der Waals surface area contributed by atoms with E-state index in [-0.39, 0.29) is 11.2 Å². The van der Waals surface area contributed by atoms with Gasteiger partial charge in [0.15, 0.2) is 0 Å². The van der Waals surface area contributed by atoms with Gasteiger partial charge in [0.05, 0.1) is 5.25 Å². The van der Waals surface area contributed by atoms with Crippen LogP contribution in [-0.4, -0.2) is 28.3 Å². The molecule has 0 aromatic carbocycles. The molecule has 0 saturated carbocycles. The lowest BCUT2D eigenvalue weighted by molar-refractivity contribution is -0.120. The molecule has 2 atom stereocenters. The third kappa shape index (κ3) is 4.28. The Labute approximate surface area is 111 Å². The quantitative estimate of drug-likeness (QED) is 0.764. The molecule has 1 amide bonds. The highest BCUT2D eigenvalue weighted by atomic mass is 79.9. The molecular weight excluding hydrogens is 286 g/mol. The molecule has 0 bridgehead atoms. The van der Waals surface area contributed by atoms with Crippen LogP contribution in [0, 0.1) is 5.92 Å². The number of thioether (sulfide) groups is 1. The summed E-state index contributed by atoms with van der Waals surface area (Å²) in [4.78, 5) is 12.2. The summed E-state index contributed by atoms with van der Waals surface area (Å²) in [7, 11) is 0. The van der Waals surface area contributed by atoms with Gasteiger partial charge in [0.2, 0.25) is 5.91 Å². The van der Waals surface area contributed by atoms with Crippen LogP contribution in [0.2, 0.25) is 0 Å². The Hall–Kier alpha value is 0.300. The summed E-state index contributed by atoms with van der Waals surface area (Å²) < 4.78 is 0. The van der Waals surface area contributed by atoms with Crippen LogP contribution in [-0.2, 0) is 4.79 Å². The molecule has 94 valence electrons. The van der Waals surface area contributed by atoms with Gasteiger partial charge in [-0.05, 0) is 24.5 Å². The molecule has 0 aromatic heterocycles. The molecular formula is C12H22BrNOS. The van der Waals surface area contributed by atoms with Gasteiger partial charge >= 0.3 is 0 Å². The summed E-state index contributed by atoms with van der Waals surface area (Å²) in [6, 6.07) is 0. The van der Waals surface area contributed by atoms with Gasteiger partial charge in [-0.3, -0.25) is 4.79 Å². The van der Waals surface area contributed by atoms with E-state index < -0.39 is 0 Å². The van der Waals surface area contributed by atoms with Crippen molar-refractivity contribution in [2.75, 3.05) is 12.3 Å². The van der Waals surface area contributed by atoms with Gasteiger partial charge in [0.25, 0.3) is 0 Å². The van der Waals surface area contributed by atoms with E-state index in [0.29, 0.717) is 10.7 Å². The Kier molecular flexibility index (Phi) is 6.81. The van der Waals surface area contributed by atoms with Crippen molar-refractivity contribution < 1.29 is 4.79 Å². The van der Waals surface area contributed by atoms with Crippen molar-refractivity contribution in [3.05, 3.63) is 0 Å². The van der Waals surface area contributed by atoms with Gasteiger partial charge in [-0.25, -0.2) is 0 Å². The fraction of sp³-hybridized carbons (Fsp3) is 0.917. The molecule has 16 heavy (non-hydrogen) atoms. The molecule has 0 aromatic rings. The first kappa shape index (κ1) is 14.4. The number of carbonyl (C=O) groups is 1. The maximum absolute atomic E-state index is 11.8. The zero-order chi connectivity index (χ0) is 12.0. The molecule has 1 heterocycles. The first-order valence-corrected chi connectivity index (χ1v) is 8.18. The van der Waals surface area contributed by atoms with Crippen molar-refractivity contribution in [2.24, 2.45) is 5.92 Å². The van der Waals surface area contributed by atoms with E-state index in [9.17, 15) is 4.79 Å². The van der Waals surface area contributed by atoms with Crippen molar-refractivity contribution in [2.45, 2.75) is 49.6 Å². The first-order chi connectivity index (χ1) is 7.69. The molecule has 4 heteroatoms. The lowest BCUT2D eigenvalue weighted by Crippen LogP contribution is -2.37. The van der Waals surface area contributed by atoms with Gasteiger partial charge < -0.3 is 5.32 Å². The summed E-state index contributed by atoms with van der Waals surface area (Å²) in [5, 5.41) is 3.28. The van der Waals surface area contributed by atoms with Crippen molar-refractivity contribution in [1.82, 2.24) is 5.32 Å². The Morgan fingerprint density at radius 3 is 2.69 bits per heavy atom. The number of carbonyl (C=O) groups excluding carboxylic acids is 1. The summed E-state index contributed by atoms with van der Waals surface area (Å²) in [6.07, 6.45) is 4.57. The van der Waals surface area contributed by atoms with Crippen LogP contribution < -0.4 is 5.32 Å². The predicted molar refractivity (Wildman–Crippen MR) is 75.3 cm³/mol. The molecule has 0 radical (unpaired) electrons. The zero-order valence-electron chi connectivity index (χ0n) is 10.2. The Balaban J connectivity index is 2.24. The van der Waals surface area contributed by atoms with E-state index in [1.165, 1.54) is 19.3 Å². The summed E-state index contributed by atoms with van der Waals surface area (Å²) in [5.74, 6) is 2.04. The molecule has 1 fully saturated rings. The number of hydrogen-bond acceptors (Lipinski definition) is 2. The standard InChI is InChI=1S/C12H22BrNOS/c1-3-9(4-2)10(13)8-14-12(15)11-6-5-7-16-11/h9-11H,3-8H2,1-2H3,(H,14,15). The number of amides is 1. The zero-order valence-corrected chi connectivity index (χ0v) is 12.6. The van der Waals surface area contributed by atoms with Gasteiger partial charge in [0, 0.05) is 11.4 Å². The van der Waals surface area contributed by atoms with E-state index in [4.69, 9.17) is 0 Å². The summed E-state index contributed by atoms with van der Waals surface area (Å²) in [5.41, 5.74) is 0. The highest BCUT2D eigenvalue weighted by Crippen LogP contribution is 2.26. The number of halogens is 1. The van der Waals surface area contributed by atoms with Crippen molar-refractivity contribution in [3.63, 3.8) is 0 Å². The van der Waals surface area contributed by atoms with E-state index in [1.54, 1.807) is 11.8 Å². The molecule has 2 unspecified atom stereocenters. The highest BCUT2D eigenvalue weighted by Gasteiger charge is 2.24. The molecule has 1 rings (SSSR count). The lowest BCUT2D eigenvalue weighted by atomic mass is 9.99. The maximum Gasteiger partial charge on any atom is 0.233 e. The Morgan fingerprint density at radius 2 is 2.19 bits per heavy atom. The van der Waals surface area contributed by atoms with Crippen LogP contribution in [0.1, 0.15) is 39.5 Å². The normalized spacial score (nSPS) is 22.4. The van der Waals surface area contributed by atoms with Crippen LogP contribution in [0.4, 0.5) is 0 Å². The van der Waals surface area contributed by atoms with Crippen LogP contribution in [0.3, 0.4) is 0 Å². The van der Waals surface area contributed by atoms with E-state index in [0.717, 1.165) is 18.7 Å². The molecule has 1 aliphatic heterocycles. The number of alkyl halides is 1. The molecule has 0 spiro atoms. The highest BCUT2D eigenvalue weighted by molar-refractivity contribution is 9.09. The van der Waals surface area contributed by atoms with Crippen LogP contribution in [0.15, 0.2) is 0 Å². The van der Waals surface area contributed by atoms with Gasteiger partial charge in [-0.1, -0.05) is 42.6 Å². The average Bonchev–Trinajstić information content (AvgIpc) is 2.81. The molecule has 2 nitrogen and oxygen atoms in total. The smallest absolute Gasteiger partial charge is 0.233 e. The second kappa shape index (κ2) is 7.59. The Morgan fingerprint density at radius 1 is 1.50 bits per heavy atom. The van der Waals surface area contributed by atoms with Crippen LogP contribution in [0.25, 0.3) is 0 Å². The minimum absolute atomic E-state index is 0.210. The van der Waals surface area contributed by atoms with E-state index in [1.807, 2.05) is 0 Å². The fourth-order valence-electron chi connectivity index (χ4n) is 2.06. The third-order valence-electron chi connectivity index (χ3n) is 3.25. The van der Waals surface area contributed by atoms with Gasteiger partial charge in [-0.15, -0.1) is 11.8 Å². The largest absolute Gasteiger partial charge is 0.354 e. The second-order valence-corrected chi connectivity index (χ2v) is 6.83. The Bertz CT molecular complexity index is 215. The molecule has 1 saturated heterocycles. The number of nitrogens with one attached hydrogen (secondary N) is 1. The average molecular weight is 308 g/mol. The fourth-order valence-corrected chi connectivity index (χ4v) is 4.16. The van der Waals surface area contributed by atoms with Gasteiger partial charge in [0.1, 0.15) is 0 Å². The molecule has 1 N–H and O–H groups in total. The van der Waals surface area contributed by atoms with Crippen LogP contribution in [0.5, 0.6) is 0 Å². The lowest BCUT2D eigenvalue weighted by Gasteiger charge is -2.20. The number of rotatable bonds is 6. The molecule has 1 aliphatic rings.